The molecule has 1 N–H and O–H groups in total. The number of hydrogen-bond donors (Lipinski definition) is 1. The second-order valence-corrected chi connectivity index (χ2v) is 6.44. The molecule has 1 unspecified atom stereocenters. The number of aromatic nitrogens is 2. The summed E-state index contributed by atoms with van der Waals surface area (Å²) in [6.07, 6.45) is 4.85. The number of hydrogen-bond acceptors (Lipinski definition) is 7. The van der Waals surface area contributed by atoms with Gasteiger partial charge in [0, 0.05) is 25.7 Å². The van der Waals surface area contributed by atoms with Crippen molar-refractivity contribution >= 4 is 23.4 Å². The van der Waals surface area contributed by atoms with Gasteiger partial charge in [-0.3, -0.25) is 14.9 Å². The fourth-order valence-corrected chi connectivity index (χ4v) is 3.17. The zero-order valence-corrected chi connectivity index (χ0v) is 14.6. The quantitative estimate of drug-likeness (QED) is 0.591. The first-order chi connectivity index (χ1) is 12.0. The van der Waals surface area contributed by atoms with Crippen LogP contribution in [0.3, 0.4) is 0 Å². The molecule has 0 aromatic carbocycles. The molecule has 2 heterocycles. The van der Waals surface area contributed by atoms with Crippen molar-refractivity contribution in [3.8, 4) is 0 Å². The number of nitrogens with zero attached hydrogens (tertiary/aromatic N) is 5. The van der Waals surface area contributed by atoms with Crippen LogP contribution in [0.1, 0.15) is 39.5 Å². The number of likely N-dealkylation sites (N-methyl/N-ethyl adjacent to an activating group) is 1. The highest BCUT2D eigenvalue weighted by molar-refractivity contribution is 5.85. The first-order valence-corrected chi connectivity index (χ1v) is 8.88. The monoisotopic (exact) mass is 348 g/mol. The molecule has 1 aliphatic carbocycles. The molecule has 1 saturated carbocycles. The lowest BCUT2D eigenvalue weighted by Crippen LogP contribution is -2.46. The van der Waals surface area contributed by atoms with Crippen molar-refractivity contribution in [2.75, 3.05) is 29.9 Å². The summed E-state index contributed by atoms with van der Waals surface area (Å²) in [6, 6.07) is -0.0525. The van der Waals surface area contributed by atoms with E-state index in [9.17, 15) is 14.9 Å². The van der Waals surface area contributed by atoms with Gasteiger partial charge in [0.15, 0.2) is 0 Å². The van der Waals surface area contributed by atoms with Crippen molar-refractivity contribution in [3.63, 3.8) is 0 Å². The average Bonchev–Trinajstić information content (AvgIpc) is 3.27. The van der Waals surface area contributed by atoms with Crippen LogP contribution in [0.25, 0.3) is 0 Å². The first-order valence-electron chi connectivity index (χ1n) is 8.88. The first kappa shape index (κ1) is 17.4. The summed E-state index contributed by atoms with van der Waals surface area (Å²) in [4.78, 5) is 35.7. The third kappa shape index (κ3) is 3.64. The smallest absolute Gasteiger partial charge is 0.329 e. The Balaban J connectivity index is 1.86. The van der Waals surface area contributed by atoms with Crippen molar-refractivity contribution in [1.82, 2.24) is 14.9 Å². The van der Waals surface area contributed by atoms with Gasteiger partial charge in [0.1, 0.15) is 12.2 Å². The third-order valence-corrected chi connectivity index (χ3v) is 4.74. The molecule has 1 aromatic rings. The summed E-state index contributed by atoms with van der Waals surface area (Å²) in [6.45, 7) is 5.92. The van der Waals surface area contributed by atoms with E-state index in [1.54, 1.807) is 4.90 Å². The minimum absolute atomic E-state index is 0.0705. The SMILES string of the molecule is CCN(CC)C(=O)C1CCCN1c1ncc([N+](=O)[O-])c(NC2CC2)n1. The van der Waals surface area contributed by atoms with E-state index in [4.69, 9.17) is 0 Å². The van der Waals surface area contributed by atoms with Crippen LogP contribution < -0.4 is 10.2 Å². The highest BCUT2D eigenvalue weighted by Gasteiger charge is 2.35. The van der Waals surface area contributed by atoms with Crippen molar-refractivity contribution in [2.24, 2.45) is 0 Å². The number of nitro groups is 1. The molecule has 9 heteroatoms. The Hall–Kier alpha value is -2.45. The molecular weight excluding hydrogens is 324 g/mol. The predicted molar refractivity (Wildman–Crippen MR) is 93.6 cm³/mol. The van der Waals surface area contributed by atoms with E-state index in [0.29, 0.717) is 25.6 Å². The van der Waals surface area contributed by atoms with Crippen LogP contribution in [-0.2, 0) is 4.79 Å². The Morgan fingerprint density at radius 3 is 2.72 bits per heavy atom. The highest BCUT2D eigenvalue weighted by atomic mass is 16.6. The van der Waals surface area contributed by atoms with E-state index in [1.165, 1.54) is 6.20 Å². The topological polar surface area (TPSA) is 104 Å². The fraction of sp³-hybridized carbons (Fsp3) is 0.688. The average molecular weight is 348 g/mol. The maximum atomic E-state index is 12.7. The zero-order valence-electron chi connectivity index (χ0n) is 14.6. The van der Waals surface area contributed by atoms with E-state index < -0.39 is 4.92 Å². The molecule has 0 spiro atoms. The Labute approximate surface area is 146 Å². The van der Waals surface area contributed by atoms with E-state index in [0.717, 1.165) is 25.7 Å². The number of carbonyl (C=O) groups excluding carboxylic acids is 1. The number of rotatable bonds is 7. The lowest BCUT2D eigenvalue weighted by Gasteiger charge is -2.29. The van der Waals surface area contributed by atoms with Gasteiger partial charge in [-0.2, -0.15) is 4.98 Å². The summed E-state index contributed by atoms with van der Waals surface area (Å²) in [5.41, 5.74) is -0.124. The molecule has 1 aliphatic heterocycles. The van der Waals surface area contributed by atoms with Crippen molar-refractivity contribution < 1.29 is 9.72 Å². The van der Waals surface area contributed by atoms with Gasteiger partial charge in [-0.1, -0.05) is 0 Å². The maximum Gasteiger partial charge on any atom is 0.329 e. The Morgan fingerprint density at radius 1 is 1.40 bits per heavy atom. The lowest BCUT2D eigenvalue weighted by molar-refractivity contribution is -0.384. The lowest BCUT2D eigenvalue weighted by atomic mass is 10.2. The second-order valence-electron chi connectivity index (χ2n) is 6.44. The summed E-state index contributed by atoms with van der Waals surface area (Å²) < 4.78 is 0. The van der Waals surface area contributed by atoms with Gasteiger partial charge >= 0.3 is 5.69 Å². The fourth-order valence-electron chi connectivity index (χ4n) is 3.17. The minimum Gasteiger partial charge on any atom is -0.361 e. The number of carbonyl (C=O) groups is 1. The van der Waals surface area contributed by atoms with Crippen LogP contribution in [0.5, 0.6) is 0 Å². The Bertz CT molecular complexity index is 659. The van der Waals surface area contributed by atoms with Crippen LogP contribution in [0.4, 0.5) is 17.5 Å². The molecule has 1 amide bonds. The van der Waals surface area contributed by atoms with Crippen LogP contribution in [0.2, 0.25) is 0 Å². The molecule has 0 bridgehead atoms. The Morgan fingerprint density at radius 2 is 2.12 bits per heavy atom. The van der Waals surface area contributed by atoms with E-state index in [1.807, 2.05) is 18.7 Å². The molecule has 0 radical (unpaired) electrons. The maximum absolute atomic E-state index is 12.7. The van der Waals surface area contributed by atoms with E-state index in [2.05, 4.69) is 15.3 Å². The molecule has 1 atom stereocenters. The standard InChI is InChI=1S/C16H24N6O3/c1-3-20(4-2)15(23)12-6-5-9-21(12)16-17-10-13(22(24)25)14(19-16)18-11-7-8-11/h10-12H,3-9H2,1-2H3,(H,17,18,19). The van der Waals surface area contributed by atoms with Crippen molar-refractivity contribution in [2.45, 2.75) is 51.6 Å². The van der Waals surface area contributed by atoms with Gasteiger partial charge in [-0.25, -0.2) is 4.98 Å². The zero-order chi connectivity index (χ0) is 18.0. The van der Waals surface area contributed by atoms with Crippen LogP contribution >= 0.6 is 0 Å². The largest absolute Gasteiger partial charge is 0.361 e. The summed E-state index contributed by atoms with van der Waals surface area (Å²) >= 11 is 0. The molecule has 1 aromatic heterocycles. The van der Waals surface area contributed by atoms with Crippen LogP contribution in [-0.4, -0.2) is 57.4 Å². The molecular formula is C16H24N6O3. The van der Waals surface area contributed by atoms with Gasteiger partial charge < -0.3 is 15.1 Å². The minimum atomic E-state index is -0.475. The van der Waals surface area contributed by atoms with Crippen LogP contribution in [0, 0.1) is 10.1 Å². The normalized spacial score (nSPS) is 19.8. The van der Waals surface area contributed by atoms with Crippen molar-refractivity contribution in [3.05, 3.63) is 16.3 Å². The van der Waals surface area contributed by atoms with Crippen LogP contribution in [0.15, 0.2) is 6.20 Å². The third-order valence-electron chi connectivity index (χ3n) is 4.74. The molecule has 2 fully saturated rings. The van der Waals surface area contributed by atoms with Gasteiger partial charge in [0.2, 0.25) is 17.7 Å². The van der Waals surface area contributed by atoms with Gasteiger partial charge in [-0.05, 0) is 39.5 Å². The number of nitrogens with one attached hydrogen (secondary N) is 1. The Kier molecular flexibility index (Phi) is 5.00. The molecule has 25 heavy (non-hydrogen) atoms. The second kappa shape index (κ2) is 7.20. The summed E-state index contributed by atoms with van der Waals surface area (Å²) in [7, 11) is 0. The van der Waals surface area contributed by atoms with E-state index in [-0.39, 0.29) is 29.5 Å². The molecule has 9 nitrogen and oxygen atoms in total. The van der Waals surface area contributed by atoms with Gasteiger partial charge in [0.25, 0.3) is 0 Å². The molecule has 2 aliphatic rings. The summed E-state index contributed by atoms with van der Waals surface area (Å²) in [5.74, 6) is 0.705. The number of anilines is 2. The molecule has 1 saturated heterocycles. The molecule has 3 rings (SSSR count). The van der Waals surface area contributed by atoms with E-state index >= 15 is 0 Å². The predicted octanol–water partition coefficient (Wildman–Crippen LogP) is 1.80. The van der Waals surface area contributed by atoms with Gasteiger partial charge in [-0.15, -0.1) is 0 Å². The summed E-state index contributed by atoms with van der Waals surface area (Å²) in [5, 5.41) is 14.3. The highest BCUT2D eigenvalue weighted by Crippen LogP contribution is 2.32. The molecule has 136 valence electrons. The number of amides is 1. The van der Waals surface area contributed by atoms with Crippen molar-refractivity contribution in [1.29, 1.82) is 0 Å². The van der Waals surface area contributed by atoms with Gasteiger partial charge in [0.05, 0.1) is 4.92 Å².